The molecule has 2 rings (SSSR count). The minimum atomic E-state index is 0.255. The number of imidazole rings is 1. The molecule has 92 valence electrons. The molecule has 0 saturated heterocycles. The fraction of sp³-hybridized carbons (Fsp3) is 0.462. The van der Waals surface area contributed by atoms with Gasteiger partial charge in [0.25, 0.3) is 0 Å². The number of halogens is 1. The maximum Gasteiger partial charge on any atom is 0.123 e. The lowest BCUT2D eigenvalue weighted by atomic mass is 10.3. The number of hydrogen-bond donors (Lipinski definition) is 0. The van der Waals surface area contributed by atoms with E-state index in [-0.39, 0.29) is 4.83 Å². The van der Waals surface area contributed by atoms with E-state index in [0.717, 1.165) is 29.2 Å². The standard InChI is InChI=1S/C13H17BrN2O/c1-4-16-12-7-6-10(17-5-2)8-11(12)15-13(16)9(3)14/h6-9H,4-5H2,1-3H3. The van der Waals surface area contributed by atoms with Crippen molar-refractivity contribution in [3.05, 3.63) is 24.0 Å². The fourth-order valence-electron chi connectivity index (χ4n) is 2.02. The predicted molar refractivity (Wildman–Crippen MR) is 73.9 cm³/mol. The van der Waals surface area contributed by atoms with Gasteiger partial charge in [0.1, 0.15) is 11.6 Å². The van der Waals surface area contributed by atoms with Crippen LogP contribution in [-0.4, -0.2) is 16.2 Å². The second kappa shape index (κ2) is 5.08. The van der Waals surface area contributed by atoms with Gasteiger partial charge >= 0.3 is 0 Å². The van der Waals surface area contributed by atoms with Gasteiger partial charge < -0.3 is 9.30 Å². The second-order valence-electron chi connectivity index (χ2n) is 3.91. The third kappa shape index (κ3) is 2.32. The molecule has 0 fully saturated rings. The number of fused-ring (bicyclic) bond motifs is 1. The van der Waals surface area contributed by atoms with E-state index in [1.807, 2.05) is 19.1 Å². The van der Waals surface area contributed by atoms with E-state index in [1.165, 1.54) is 0 Å². The van der Waals surface area contributed by atoms with Crippen LogP contribution >= 0.6 is 15.9 Å². The van der Waals surface area contributed by atoms with Gasteiger partial charge in [-0.1, -0.05) is 15.9 Å². The summed E-state index contributed by atoms with van der Waals surface area (Å²) in [6, 6.07) is 6.09. The summed E-state index contributed by atoms with van der Waals surface area (Å²) in [5.41, 5.74) is 2.16. The van der Waals surface area contributed by atoms with Crippen molar-refractivity contribution in [2.24, 2.45) is 0 Å². The lowest BCUT2D eigenvalue weighted by Crippen LogP contribution is -2.01. The molecule has 2 aromatic rings. The second-order valence-corrected chi connectivity index (χ2v) is 5.29. The van der Waals surface area contributed by atoms with Crippen molar-refractivity contribution in [2.75, 3.05) is 6.61 Å². The highest BCUT2D eigenvalue weighted by molar-refractivity contribution is 9.09. The van der Waals surface area contributed by atoms with E-state index in [0.29, 0.717) is 6.61 Å². The van der Waals surface area contributed by atoms with Crippen molar-refractivity contribution in [3.8, 4) is 5.75 Å². The molecule has 17 heavy (non-hydrogen) atoms. The summed E-state index contributed by atoms with van der Waals surface area (Å²) in [6.45, 7) is 7.82. The number of alkyl halides is 1. The molecular formula is C13H17BrN2O. The van der Waals surface area contributed by atoms with Crippen LogP contribution in [0.25, 0.3) is 11.0 Å². The molecule has 0 spiro atoms. The number of hydrogen-bond acceptors (Lipinski definition) is 2. The van der Waals surface area contributed by atoms with Gasteiger partial charge in [-0.05, 0) is 32.9 Å². The van der Waals surface area contributed by atoms with Gasteiger partial charge in [0, 0.05) is 12.6 Å². The first-order valence-electron chi connectivity index (χ1n) is 5.94. The largest absolute Gasteiger partial charge is 0.494 e. The first-order chi connectivity index (χ1) is 8.17. The lowest BCUT2D eigenvalue weighted by molar-refractivity contribution is 0.340. The van der Waals surface area contributed by atoms with Gasteiger partial charge in [0.2, 0.25) is 0 Å². The predicted octanol–water partition coefficient (Wildman–Crippen LogP) is 3.91. The summed E-state index contributed by atoms with van der Waals surface area (Å²) in [6.07, 6.45) is 0. The Bertz CT molecular complexity index is 519. The molecule has 0 saturated carbocycles. The van der Waals surface area contributed by atoms with E-state index in [1.54, 1.807) is 0 Å². The summed E-state index contributed by atoms with van der Waals surface area (Å²) < 4.78 is 7.72. The van der Waals surface area contributed by atoms with Crippen molar-refractivity contribution >= 4 is 27.0 Å². The van der Waals surface area contributed by atoms with Gasteiger partial charge in [-0.25, -0.2) is 4.98 Å². The Kier molecular flexibility index (Phi) is 3.72. The van der Waals surface area contributed by atoms with E-state index < -0.39 is 0 Å². The average Bonchev–Trinajstić information content (AvgIpc) is 2.67. The molecule has 0 bridgehead atoms. The summed E-state index contributed by atoms with van der Waals surface area (Å²) in [4.78, 5) is 4.92. The topological polar surface area (TPSA) is 27.1 Å². The monoisotopic (exact) mass is 296 g/mol. The summed E-state index contributed by atoms with van der Waals surface area (Å²) >= 11 is 3.59. The summed E-state index contributed by atoms with van der Waals surface area (Å²) in [5.74, 6) is 1.95. The average molecular weight is 297 g/mol. The molecule has 4 heteroatoms. The zero-order valence-electron chi connectivity index (χ0n) is 10.4. The molecule has 1 aromatic carbocycles. The van der Waals surface area contributed by atoms with Crippen molar-refractivity contribution in [2.45, 2.75) is 32.1 Å². The number of aromatic nitrogens is 2. The Morgan fingerprint density at radius 1 is 1.41 bits per heavy atom. The van der Waals surface area contributed by atoms with E-state index in [2.05, 4.69) is 45.4 Å². The number of ether oxygens (including phenoxy) is 1. The number of aryl methyl sites for hydroxylation is 1. The highest BCUT2D eigenvalue weighted by Crippen LogP contribution is 2.28. The van der Waals surface area contributed by atoms with Crippen molar-refractivity contribution in [1.82, 2.24) is 9.55 Å². The Morgan fingerprint density at radius 3 is 2.76 bits per heavy atom. The first kappa shape index (κ1) is 12.4. The fourth-order valence-corrected chi connectivity index (χ4v) is 2.37. The molecule has 1 unspecified atom stereocenters. The molecule has 3 nitrogen and oxygen atoms in total. The van der Waals surface area contributed by atoms with E-state index in [9.17, 15) is 0 Å². The number of rotatable bonds is 4. The minimum Gasteiger partial charge on any atom is -0.494 e. The van der Waals surface area contributed by atoms with Crippen LogP contribution in [-0.2, 0) is 6.54 Å². The first-order valence-corrected chi connectivity index (χ1v) is 6.86. The smallest absolute Gasteiger partial charge is 0.123 e. The molecule has 1 aromatic heterocycles. The molecule has 0 aliphatic rings. The zero-order valence-corrected chi connectivity index (χ0v) is 12.0. The normalized spacial score (nSPS) is 12.9. The summed E-state index contributed by atoms with van der Waals surface area (Å²) in [7, 11) is 0. The SMILES string of the molecule is CCOc1ccc2c(c1)nc(C(C)Br)n2CC. The third-order valence-corrected chi connectivity index (χ3v) is 3.14. The maximum absolute atomic E-state index is 5.50. The molecule has 1 heterocycles. The van der Waals surface area contributed by atoms with E-state index >= 15 is 0 Å². The van der Waals surface area contributed by atoms with Gasteiger partial charge in [-0.3, -0.25) is 0 Å². The highest BCUT2D eigenvalue weighted by Gasteiger charge is 2.13. The maximum atomic E-state index is 5.50. The Labute approximate surface area is 110 Å². The molecule has 0 amide bonds. The van der Waals surface area contributed by atoms with Gasteiger partial charge in [0.15, 0.2) is 0 Å². The van der Waals surface area contributed by atoms with Crippen LogP contribution in [0.4, 0.5) is 0 Å². The Hall–Kier alpha value is -1.03. The molecule has 0 radical (unpaired) electrons. The molecule has 0 aliphatic carbocycles. The lowest BCUT2D eigenvalue weighted by Gasteiger charge is -2.07. The van der Waals surface area contributed by atoms with Crippen molar-refractivity contribution in [1.29, 1.82) is 0 Å². The van der Waals surface area contributed by atoms with Crippen molar-refractivity contribution < 1.29 is 4.74 Å². The Morgan fingerprint density at radius 2 is 2.18 bits per heavy atom. The molecule has 0 N–H and O–H groups in total. The Balaban J connectivity index is 2.56. The van der Waals surface area contributed by atoms with Gasteiger partial charge in [-0.15, -0.1) is 0 Å². The van der Waals surface area contributed by atoms with Crippen LogP contribution in [0.2, 0.25) is 0 Å². The number of benzene rings is 1. The molecular weight excluding hydrogens is 280 g/mol. The van der Waals surface area contributed by atoms with Gasteiger partial charge in [0.05, 0.1) is 22.5 Å². The van der Waals surface area contributed by atoms with Crippen LogP contribution in [0, 0.1) is 0 Å². The zero-order chi connectivity index (χ0) is 12.4. The minimum absolute atomic E-state index is 0.255. The van der Waals surface area contributed by atoms with Crippen LogP contribution < -0.4 is 4.74 Å². The molecule has 0 aliphatic heterocycles. The van der Waals surface area contributed by atoms with Gasteiger partial charge in [-0.2, -0.15) is 0 Å². The van der Waals surface area contributed by atoms with Crippen LogP contribution in [0.5, 0.6) is 5.75 Å². The number of nitrogens with zero attached hydrogens (tertiary/aromatic N) is 2. The third-order valence-electron chi connectivity index (χ3n) is 2.73. The quantitative estimate of drug-likeness (QED) is 0.800. The van der Waals surface area contributed by atoms with Crippen LogP contribution in [0.1, 0.15) is 31.4 Å². The highest BCUT2D eigenvalue weighted by atomic mass is 79.9. The summed E-state index contributed by atoms with van der Waals surface area (Å²) in [5, 5.41) is 0. The van der Waals surface area contributed by atoms with Crippen LogP contribution in [0.3, 0.4) is 0 Å². The van der Waals surface area contributed by atoms with E-state index in [4.69, 9.17) is 4.74 Å². The molecule has 1 atom stereocenters. The van der Waals surface area contributed by atoms with Crippen LogP contribution in [0.15, 0.2) is 18.2 Å². The van der Waals surface area contributed by atoms with Crippen molar-refractivity contribution in [3.63, 3.8) is 0 Å².